The van der Waals surface area contributed by atoms with Crippen LogP contribution in [0.3, 0.4) is 0 Å². The van der Waals surface area contributed by atoms with Crippen molar-refractivity contribution >= 4 is 6.02 Å². The molecule has 4 rings (SSSR count). The summed E-state index contributed by atoms with van der Waals surface area (Å²) in [6.07, 6.45) is -3.36. The van der Waals surface area contributed by atoms with Crippen LogP contribution in [0.15, 0.2) is 46.2 Å². The summed E-state index contributed by atoms with van der Waals surface area (Å²) in [5, 5.41) is 3.79. The highest BCUT2D eigenvalue weighted by Gasteiger charge is 2.49. The Labute approximate surface area is 187 Å². The van der Waals surface area contributed by atoms with E-state index in [0.29, 0.717) is 0 Å². The first-order valence-electron chi connectivity index (χ1n) is 9.58. The first kappa shape index (κ1) is 23.3. The molecule has 0 spiro atoms. The van der Waals surface area contributed by atoms with Gasteiger partial charge in [-0.3, -0.25) is 0 Å². The molecule has 1 aliphatic rings. The van der Waals surface area contributed by atoms with Gasteiger partial charge in [0, 0.05) is 23.6 Å². The van der Waals surface area contributed by atoms with Gasteiger partial charge in [0.05, 0.1) is 12.4 Å². The summed E-state index contributed by atoms with van der Waals surface area (Å²) in [5.74, 6) is -0.939. The van der Waals surface area contributed by atoms with Gasteiger partial charge in [0.2, 0.25) is 0 Å². The van der Waals surface area contributed by atoms with Gasteiger partial charge in [-0.2, -0.15) is 22.0 Å². The number of nitrogens with two attached hydrogens (primary N) is 1. The van der Waals surface area contributed by atoms with Crippen molar-refractivity contribution in [3.8, 4) is 28.6 Å². The predicted octanol–water partition coefficient (Wildman–Crippen LogP) is 4.42. The SMILES string of the molecule is C[C@@]1(c2cc(-c3cc(-c4ncc(OC(F)F)cn4)no3)ccc2F)C[C@@H](C(F)(F)F)N=C(N)O1. The Balaban J connectivity index is 1.63. The van der Waals surface area contributed by atoms with Crippen LogP contribution in [0.25, 0.3) is 22.8 Å². The first-order valence-corrected chi connectivity index (χ1v) is 9.58. The monoisotopic (exact) mass is 487 g/mol. The number of aromatic nitrogens is 3. The van der Waals surface area contributed by atoms with Crippen LogP contribution < -0.4 is 10.5 Å². The third-order valence-electron chi connectivity index (χ3n) is 4.99. The third kappa shape index (κ3) is 4.75. The number of halogens is 6. The Morgan fingerprint density at radius 2 is 1.88 bits per heavy atom. The van der Waals surface area contributed by atoms with Crippen molar-refractivity contribution in [1.29, 1.82) is 0 Å². The fourth-order valence-electron chi connectivity index (χ4n) is 3.43. The fraction of sp³-hybridized carbons (Fsp3) is 0.300. The molecule has 2 aromatic heterocycles. The maximum absolute atomic E-state index is 14.7. The molecule has 3 aromatic rings. The van der Waals surface area contributed by atoms with E-state index >= 15 is 0 Å². The van der Waals surface area contributed by atoms with E-state index < -0.39 is 42.7 Å². The summed E-state index contributed by atoms with van der Waals surface area (Å²) in [6, 6.07) is 2.14. The van der Waals surface area contributed by atoms with Gasteiger partial charge in [0.1, 0.15) is 11.4 Å². The molecule has 3 heterocycles. The Morgan fingerprint density at radius 3 is 2.53 bits per heavy atom. The van der Waals surface area contributed by atoms with Crippen LogP contribution in [0.4, 0.5) is 26.3 Å². The molecule has 34 heavy (non-hydrogen) atoms. The van der Waals surface area contributed by atoms with Gasteiger partial charge in [-0.1, -0.05) is 5.16 Å². The minimum atomic E-state index is -4.69. The van der Waals surface area contributed by atoms with Crippen molar-refractivity contribution in [3.05, 3.63) is 48.0 Å². The number of aliphatic imine (C=N–C) groups is 1. The maximum Gasteiger partial charge on any atom is 0.411 e. The third-order valence-corrected chi connectivity index (χ3v) is 4.99. The number of hydrogen-bond donors (Lipinski definition) is 1. The average molecular weight is 487 g/mol. The smallest absolute Gasteiger partial charge is 0.411 e. The van der Waals surface area contributed by atoms with E-state index in [2.05, 4.69) is 24.9 Å². The molecular weight excluding hydrogens is 472 g/mol. The fourth-order valence-corrected chi connectivity index (χ4v) is 3.43. The second-order valence-electron chi connectivity index (χ2n) is 7.45. The molecule has 0 amide bonds. The Kier molecular flexibility index (Phi) is 5.83. The van der Waals surface area contributed by atoms with Crippen molar-refractivity contribution in [1.82, 2.24) is 15.1 Å². The summed E-state index contributed by atoms with van der Waals surface area (Å²) >= 11 is 0. The van der Waals surface area contributed by atoms with Crippen molar-refractivity contribution < 1.29 is 40.3 Å². The van der Waals surface area contributed by atoms with Crippen molar-refractivity contribution in [3.63, 3.8) is 0 Å². The molecule has 2 atom stereocenters. The second kappa shape index (κ2) is 8.50. The van der Waals surface area contributed by atoms with Gasteiger partial charge in [0.25, 0.3) is 6.02 Å². The van der Waals surface area contributed by atoms with E-state index in [-0.39, 0.29) is 34.2 Å². The van der Waals surface area contributed by atoms with E-state index in [4.69, 9.17) is 15.0 Å². The van der Waals surface area contributed by atoms with Crippen molar-refractivity contribution in [2.24, 2.45) is 10.7 Å². The molecule has 180 valence electrons. The molecule has 0 aliphatic carbocycles. The van der Waals surface area contributed by atoms with Crippen LogP contribution >= 0.6 is 0 Å². The van der Waals surface area contributed by atoms with E-state index in [9.17, 15) is 26.3 Å². The molecule has 1 aromatic carbocycles. The molecule has 0 radical (unpaired) electrons. The Morgan fingerprint density at radius 1 is 1.18 bits per heavy atom. The summed E-state index contributed by atoms with van der Waals surface area (Å²) in [6.45, 7) is -1.76. The summed E-state index contributed by atoms with van der Waals surface area (Å²) < 4.78 is 93.8. The zero-order valence-electron chi connectivity index (χ0n) is 17.2. The number of hydrogen-bond acceptors (Lipinski definition) is 8. The lowest BCUT2D eigenvalue weighted by Gasteiger charge is -2.37. The van der Waals surface area contributed by atoms with E-state index in [1.54, 1.807) is 0 Å². The van der Waals surface area contributed by atoms with Gasteiger partial charge in [0.15, 0.2) is 29.1 Å². The van der Waals surface area contributed by atoms with E-state index in [0.717, 1.165) is 18.5 Å². The van der Waals surface area contributed by atoms with Crippen LogP contribution in [0.2, 0.25) is 0 Å². The van der Waals surface area contributed by atoms with E-state index in [1.165, 1.54) is 25.1 Å². The molecule has 14 heteroatoms. The molecule has 1 aliphatic heterocycles. The summed E-state index contributed by atoms with van der Waals surface area (Å²) in [5.41, 5.74) is 3.88. The molecule has 0 saturated heterocycles. The van der Waals surface area contributed by atoms with Crippen molar-refractivity contribution in [2.45, 2.75) is 37.8 Å². The molecule has 0 unspecified atom stereocenters. The quantitative estimate of drug-likeness (QED) is 0.531. The minimum Gasteiger partial charge on any atom is -0.454 e. The molecular formula is C20H15F6N5O3. The second-order valence-corrected chi connectivity index (χ2v) is 7.45. The van der Waals surface area contributed by atoms with E-state index in [1.807, 2.05) is 0 Å². The van der Waals surface area contributed by atoms with Crippen LogP contribution in [0.5, 0.6) is 5.75 Å². The summed E-state index contributed by atoms with van der Waals surface area (Å²) in [7, 11) is 0. The standard InChI is InChI=1S/C20H15F6N5O3/c1-19(6-15(20(24,25)26)30-18(27)33-19)11-4-9(2-3-12(11)21)14-5-13(31-34-14)16-28-7-10(8-29-16)32-17(22)23/h2-5,7-8,15,17H,6H2,1H3,(H2,27,30)/t15-,19-/m0/s1. The zero-order valence-corrected chi connectivity index (χ0v) is 17.2. The predicted molar refractivity (Wildman–Crippen MR) is 104 cm³/mol. The maximum atomic E-state index is 14.7. The highest BCUT2D eigenvalue weighted by molar-refractivity contribution is 5.73. The number of rotatable bonds is 5. The van der Waals surface area contributed by atoms with Gasteiger partial charge < -0.3 is 19.7 Å². The van der Waals surface area contributed by atoms with Gasteiger partial charge in [-0.15, -0.1) is 0 Å². The topological polar surface area (TPSA) is 109 Å². The number of nitrogens with zero attached hydrogens (tertiary/aromatic N) is 4. The lowest BCUT2D eigenvalue weighted by Crippen LogP contribution is -2.46. The molecule has 0 saturated carbocycles. The lowest BCUT2D eigenvalue weighted by molar-refractivity contribution is -0.164. The largest absolute Gasteiger partial charge is 0.454 e. The highest BCUT2D eigenvalue weighted by atomic mass is 19.4. The first-order chi connectivity index (χ1) is 15.9. The number of alkyl halides is 5. The Bertz CT molecular complexity index is 1210. The molecule has 2 N–H and O–H groups in total. The normalized spacial score (nSPS) is 20.7. The van der Waals surface area contributed by atoms with Crippen LogP contribution in [-0.4, -0.2) is 40.0 Å². The van der Waals surface area contributed by atoms with Crippen molar-refractivity contribution in [2.75, 3.05) is 0 Å². The van der Waals surface area contributed by atoms with Crippen LogP contribution in [0, 0.1) is 5.82 Å². The minimum absolute atomic E-state index is 0.0264. The number of benzene rings is 1. The highest BCUT2D eigenvalue weighted by Crippen LogP contribution is 2.41. The van der Waals surface area contributed by atoms with Gasteiger partial charge in [-0.25, -0.2) is 19.4 Å². The Hall–Kier alpha value is -3.84. The molecule has 8 nitrogen and oxygen atoms in total. The lowest BCUT2D eigenvalue weighted by atomic mass is 9.86. The van der Waals surface area contributed by atoms with Gasteiger partial charge >= 0.3 is 12.8 Å². The van der Waals surface area contributed by atoms with Crippen LogP contribution in [0.1, 0.15) is 18.9 Å². The number of amidine groups is 1. The van der Waals surface area contributed by atoms with Gasteiger partial charge in [-0.05, 0) is 25.1 Å². The van der Waals surface area contributed by atoms with Crippen LogP contribution in [-0.2, 0) is 10.3 Å². The average Bonchev–Trinajstić information content (AvgIpc) is 3.23. The number of ether oxygens (including phenoxy) is 2. The molecule has 0 bridgehead atoms. The zero-order chi connectivity index (χ0) is 24.7. The summed E-state index contributed by atoms with van der Waals surface area (Å²) in [4.78, 5) is 11.0. The molecule has 0 fully saturated rings.